The summed E-state index contributed by atoms with van der Waals surface area (Å²) < 4.78 is 7.58. The lowest BCUT2D eigenvalue weighted by Gasteiger charge is -2.31. The Bertz CT molecular complexity index is 802. The van der Waals surface area contributed by atoms with E-state index in [9.17, 15) is 4.79 Å². The first-order valence-corrected chi connectivity index (χ1v) is 11.6. The van der Waals surface area contributed by atoms with Crippen molar-refractivity contribution in [3.8, 4) is 17.1 Å². The number of hydrogen-bond donors (Lipinski definition) is 0. The van der Waals surface area contributed by atoms with Crippen molar-refractivity contribution in [2.45, 2.75) is 57.7 Å². The van der Waals surface area contributed by atoms with E-state index in [0.717, 1.165) is 41.8 Å². The molecule has 0 spiro atoms. The molecule has 1 aromatic heterocycles. The van der Waals surface area contributed by atoms with Crippen LogP contribution in [0.25, 0.3) is 11.4 Å². The second kappa shape index (κ2) is 10.1. The largest absolute Gasteiger partial charge is 0.497 e. The Morgan fingerprint density at radius 2 is 1.86 bits per heavy atom. The summed E-state index contributed by atoms with van der Waals surface area (Å²) >= 11 is 1.51. The second-order valence-corrected chi connectivity index (χ2v) is 8.53. The molecule has 7 heteroatoms. The molecule has 29 heavy (non-hydrogen) atoms. The third-order valence-corrected chi connectivity index (χ3v) is 6.78. The summed E-state index contributed by atoms with van der Waals surface area (Å²) in [6.07, 6.45) is 4.84. The van der Waals surface area contributed by atoms with Gasteiger partial charge in [0.1, 0.15) is 5.75 Å². The van der Waals surface area contributed by atoms with E-state index in [0.29, 0.717) is 17.7 Å². The van der Waals surface area contributed by atoms with Crippen molar-refractivity contribution in [2.24, 2.45) is 5.92 Å². The summed E-state index contributed by atoms with van der Waals surface area (Å²) in [7, 11) is 1.67. The lowest BCUT2D eigenvalue weighted by atomic mass is 9.85. The Morgan fingerprint density at radius 3 is 2.48 bits per heavy atom. The van der Waals surface area contributed by atoms with E-state index in [1.54, 1.807) is 7.11 Å². The Kier molecular flexibility index (Phi) is 7.58. The van der Waals surface area contributed by atoms with Crippen molar-refractivity contribution in [1.29, 1.82) is 0 Å². The molecule has 2 aromatic rings. The molecule has 3 rings (SSSR count). The summed E-state index contributed by atoms with van der Waals surface area (Å²) in [5, 5.41) is 9.89. The highest BCUT2D eigenvalue weighted by atomic mass is 32.2. The molecule has 0 saturated heterocycles. The molecule has 158 valence electrons. The fourth-order valence-corrected chi connectivity index (χ4v) is 4.98. The zero-order valence-corrected chi connectivity index (χ0v) is 18.7. The van der Waals surface area contributed by atoms with Crippen molar-refractivity contribution in [3.63, 3.8) is 0 Å². The first-order chi connectivity index (χ1) is 14.1. The van der Waals surface area contributed by atoms with Crippen LogP contribution in [0.2, 0.25) is 0 Å². The van der Waals surface area contributed by atoms with Gasteiger partial charge >= 0.3 is 0 Å². The van der Waals surface area contributed by atoms with E-state index >= 15 is 0 Å². The lowest BCUT2D eigenvalue weighted by Crippen LogP contribution is -2.32. The van der Waals surface area contributed by atoms with Crippen LogP contribution < -0.4 is 4.74 Å². The number of carbonyl (C=O) groups excluding carboxylic acids is 1. The Balaban J connectivity index is 1.91. The second-order valence-electron chi connectivity index (χ2n) is 7.59. The highest BCUT2D eigenvalue weighted by molar-refractivity contribution is 7.99. The van der Waals surface area contributed by atoms with E-state index in [1.807, 2.05) is 43.0 Å². The minimum absolute atomic E-state index is 0.150. The molecular formula is C22H32N4O2S. The van der Waals surface area contributed by atoms with Crippen LogP contribution in [0.5, 0.6) is 5.75 Å². The van der Waals surface area contributed by atoms with Gasteiger partial charge in [0, 0.05) is 24.7 Å². The van der Waals surface area contributed by atoms with Gasteiger partial charge in [0.25, 0.3) is 0 Å². The van der Waals surface area contributed by atoms with Crippen LogP contribution in [0, 0.1) is 5.92 Å². The van der Waals surface area contributed by atoms with E-state index in [1.165, 1.54) is 31.0 Å². The Hall–Kier alpha value is -2.02. The molecule has 1 saturated carbocycles. The monoisotopic (exact) mass is 416 g/mol. The lowest BCUT2D eigenvalue weighted by molar-refractivity contribution is -0.127. The maximum Gasteiger partial charge on any atom is 0.233 e. The summed E-state index contributed by atoms with van der Waals surface area (Å²) in [5.41, 5.74) is 1.03. The SMILES string of the molecule is CCN(CC)C(=O)CSc1nnc(-c2ccc(OC)cc2)n1[C@H]1CCCC[C@H]1C. The highest BCUT2D eigenvalue weighted by Crippen LogP contribution is 2.39. The molecule has 0 aliphatic heterocycles. The molecule has 0 radical (unpaired) electrons. The van der Waals surface area contributed by atoms with Gasteiger partial charge in [-0.25, -0.2) is 0 Å². The van der Waals surface area contributed by atoms with E-state index in [4.69, 9.17) is 4.74 Å². The average Bonchev–Trinajstić information content (AvgIpc) is 3.17. The number of methoxy groups -OCH3 is 1. The quantitative estimate of drug-likeness (QED) is 0.586. The Labute approximate surface area is 178 Å². The number of amides is 1. The van der Waals surface area contributed by atoms with Gasteiger partial charge < -0.3 is 9.64 Å². The molecule has 0 N–H and O–H groups in total. The van der Waals surface area contributed by atoms with Crippen molar-refractivity contribution >= 4 is 17.7 Å². The van der Waals surface area contributed by atoms with E-state index < -0.39 is 0 Å². The van der Waals surface area contributed by atoms with Crippen LogP contribution in [0.3, 0.4) is 0 Å². The number of nitrogens with zero attached hydrogens (tertiary/aromatic N) is 4. The molecule has 1 amide bonds. The molecule has 0 bridgehead atoms. The molecular weight excluding hydrogens is 384 g/mol. The van der Waals surface area contributed by atoms with Gasteiger partial charge in [0.15, 0.2) is 11.0 Å². The number of aromatic nitrogens is 3. The summed E-state index contributed by atoms with van der Waals surface area (Å²) in [4.78, 5) is 14.4. The molecule has 2 atom stereocenters. The highest BCUT2D eigenvalue weighted by Gasteiger charge is 2.29. The number of benzene rings is 1. The zero-order chi connectivity index (χ0) is 20.8. The summed E-state index contributed by atoms with van der Waals surface area (Å²) in [5.74, 6) is 2.81. The number of rotatable bonds is 8. The van der Waals surface area contributed by atoms with Crippen LogP contribution in [-0.4, -0.2) is 51.5 Å². The van der Waals surface area contributed by atoms with E-state index in [-0.39, 0.29) is 5.91 Å². The normalized spacial score (nSPS) is 19.2. The average molecular weight is 417 g/mol. The molecule has 1 heterocycles. The minimum Gasteiger partial charge on any atom is -0.497 e. The van der Waals surface area contributed by atoms with E-state index in [2.05, 4.69) is 21.7 Å². The number of ether oxygens (including phenoxy) is 1. The predicted octanol–water partition coefficient (Wildman–Crippen LogP) is 4.67. The standard InChI is InChI=1S/C22H32N4O2S/c1-5-25(6-2)20(27)15-29-22-24-23-21(17-11-13-18(28-4)14-12-17)26(22)19-10-8-7-9-16(19)3/h11-14,16,19H,5-10,15H2,1-4H3/t16-,19+/m1/s1. The minimum atomic E-state index is 0.150. The summed E-state index contributed by atoms with van der Waals surface area (Å²) in [6.45, 7) is 7.82. The Morgan fingerprint density at radius 1 is 1.17 bits per heavy atom. The predicted molar refractivity (Wildman–Crippen MR) is 117 cm³/mol. The maximum absolute atomic E-state index is 12.5. The van der Waals surface area contributed by atoms with Crippen LogP contribution in [0.4, 0.5) is 0 Å². The van der Waals surface area contributed by atoms with Crippen molar-refractivity contribution in [2.75, 3.05) is 26.0 Å². The van der Waals surface area contributed by atoms with Gasteiger partial charge in [0.2, 0.25) is 5.91 Å². The van der Waals surface area contributed by atoms with Gasteiger partial charge in [-0.1, -0.05) is 31.5 Å². The fourth-order valence-electron chi connectivity index (χ4n) is 4.09. The van der Waals surface area contributed by atoms with Crippen molar-refractivity contribution < 1.29 is 9.53 Å². The smallest absolute Gasteiger partial charge is 0.233 e. The summed E-state index contributed by atoms with van der Waals surface area (Å²) in [6, 6.07) is 8.33. The van der Waals surface area contributed by atoms with Gasteiger partial charge in [-0.15, -0.1) is 10.2 Å². The third kappa shape index (κ3) is 4.94. The van der Waals surface area contributed by atoms with Gasteiger partial charge in [-0.3, -0.25) is 9.36 Å². The van der Waals surface area contributed by atoms with Crippen LogP contribution in [0.1, 0.15) is 52.5 Å². The molecule has 1 aliphatic carbocycles. The van der Waals surface area contributed by atoms with Crippen molar-refractivity contribution in [3.05, 3.63) is 24.3 Å². The first kappa shape index (κ1) is 21.7. The topological polar surface area (TPSA) is 60.3 Å². The third-order valence-electron chi connectivity index (χ3n) is 5.85. The first-order valence-electron chi connectivity index (χ1n) is 10.6. The molecule has 0 unspecified atom stereocenters. The number of hydrogen-bond acceptors (Lipinski definition) is 5. The van der Waals surface area contributed by atoms with Crippen molar-refractivity contribution in [1.82, 2.24) is 19.7 Å². The number of thioether (sulfide) groups is 1. The zero-order valence-electron chi connectivity index (χ0n) is 17.9. The fraction of sp³-hybridized carbons (Fsp3) is 0.591. The van der Waals surface area contributed by atoms with Gasteiger partial charge in [0.05, 0.1) is 12.9 Å². The maximum atomic E-state index is 12.5. The van der Waals surface area contributed by atoms with Gasteiger partial charge in [-0.05, 0) is 56.9 Å². The number of carbonyl (C=O) groups is 1. The molecule has 1 aromatic carbocycles. The molecule has 1 fully saturated rings. The molecule has 1 aliphatic rings. The van der Waals surface area contributed by atoms with Crippen LogP contribution in [-0.2, 0) is 4.79 Å². The molecule has 6 nitrogen and oxygen atoms in total. The van der Waals surface area contributed by atoms with Crippen LogP contribution >= 0.6 is 11.8 Å². The van der Waals surface area contributed by atoms with Gasteiger partial charge in [-0.2, -0.15) is 0 Å². The van der Waals surface area contributed by atoms with Crippen LogP contribution in [0.15, 0.2) is 29.4 Å².